The Morgan fingerprint density at radius 2 is 1.88 bits per heavy atom. The molecule has 1 saturated heterocycles. The van der Waals surface area contributed by atoms with Gasteiger partial charge in [-0.2, -0.15) is 0 Å². The standard InChI is InChI=1S/C17H19FN4O4/c1-19-3-5-21(6-4-19)14-12(18)8-10-7-11(16(23)24)9-22-13(10)15(14)26-17(25)20(22)2/h8-9H,3-7H2,1-2H3,(H,23,24). The fraction of sp³-hybridized carbons (Fsp3) is 0.412. The van der Waals surface area contributed by atoms with Crippen LogP contribution in [-0.2, 0) is 11.2 Å². The van der Waals surface area contributed by atoms with E-state index in [1.165, 1.54) is 29.3 Å². The van der Waals surface area contributed by atoms with Gasteiger partial charge in [-0.05, 0) is 18.7 Å². The first-order valence-electron chi connectivity index (χ1n) is 8.34. The molecule has 26 heavy (non-hydrogen) atoms. The lowest BCUT2D eigenvalue weighted by Gasteiger charge is -2.42. The minimum absolute atomic E-state index is 0.0689. The number of benzene rings is 1. The molecule has 8 nitrogen and oxygen atoms in total. The molecule has 0 atom stereocenters. The van der Waals surface area contributed by atoms with Crippen LogP contribution in [0.2, 0.25) is 0 Å². The average molecular weight is 362 g/mol. The van der Waals surface area contributed by atoms with Gasteiger partial charge < -0.3 is 19.6 Å². The molecule has 138 valence electrons. The van der Waals surface area contributed by atoms with E-state index < -0.39 is 17.9 Å². The fourth-order valence-electron chi connectivity index (χ4n) is 3.54. The lowest BCUT2D eigenvalue weighted by molar-refractivity contribution is -0.132. The number of piperazine rings is 1. The van der Waals surface area contributed by atoms with Gasteiger partial charge in [-0.15, -0.1) is 0 Å². The third-order valence-electron chi connectivity index (χ3n) is 5.02. The Labute approximate surface area is 149 Å². The highest BCUT2D eigenvalue weighted by Crippen LogP contribution is 2.48. The van der Waals surface area contributed by atoms with Crippen molar-refractivity contribution in [1.82, 2.24) is 9.91 Å². The largest absolute Gasteiger partial charge is 0.478 e. The van der Waals surface area contributed by atoms with E-state index in [0.29, 0.717) is 24.3 Å². The number of carboxylic acids is 1. The summed E-state index contributed by atoms with van der Waals surface area (Å²) in [6, 6.07) is 1.35. The normalized spacial score (nSPS) is 19.9. The Hall–Kier alpha value is -2.81. The van der Waals surface area contributed by atoms with Gasteiger partial charge in [-0.25, -0.2) is 19.0 Å². The van der Waals surface area contributed by atoms with E-state index >= 15 is 0 Å². The number of anilines is 2. The van der Waals surface area contributed by atoms with E-state index in [9.17, 15) is 19.1 Å². The SMILES string of the molecule is CN1CCN(c2c(F)cc3c4c2OC(=O)N(C)N4C=C(C(=O)O)C3)CC1. The van der Waals surface area contributed by atoms with E-state index in [4.69, 9.17) is 4.74 Å². The van der Waals surface area contributed by atoms with Crippen molar-refractivity contribution in [1.29, 1.82) is 0 Å². The molecular weight excluding hydrogens is 343 g/mol. The van der Waals surface area contributed by atoms with Crippen LogP contribution in [-0.4, -0.2) is 67.4 Å². The van der Waals surface area contributed by atoms with Crippen LogP contribution in [0.15, 0.2) is 17.8 Å². The third-order valence-corrected chi connectivity index (χ3v) is 5.02. The number of hydrogen-bond donors (Lipinski definition) is 1. The molecule has 0 unspecified atom stereocenters. The van der Waals surface area contributed by atoms with E-state index in [0.717, 1.165) is 13.1 Å². The third kappa shape index (κ3) is 2.47. The number of carbonyl (C=O) groups is 2. The van der Waals surface area contributed by atoms with Crippen LogP contribution in [0.25, 0.3) is 0 Å². The quantitative estimate of drug-likeness (QED) is 0.849. The van der Waals surface area contributed by atoms with Crippen molar-refractivity contribution in [3.8, 4) is 5.75 Å². The van der Waals surface area contributed by atoms with Crippen molar-refractivity contribution in [2.24, 2.45) is 0 Å². The zero-order chi connectivity index (χ0) is 18.6. The smallest absolute Gasteiger partial charge is 0.434 e. The van der Waals surface area contributed by atoms with Crippen LogP contribution in [0.5, 0.6) is 5.75 Å². The molecule has 3 aliphatic heterocycles. The molecule has 1 aromatic rings. The number of amides is 1. The minimum atomic E-state index is -1.10. The van der Waals surface area contributed by atoms with Gasteiger partial charge in [0.15, 0.2) is 11.6 Å². The van der Waals surface area contributed by atoms with Gasteiger partial charge in [-0.3, -0.25) is 5.01 Å². The van der Waals surface area contributed by atoms with Crippen LogP contribution in [0.3, 0.4) is 0 Å². The Morgan fingerprint density at radius 3 is 2.54 bits per heavy atom. The second-order valence-corrected chi connectivity index (χ2v) is 6.71. The Morgan fingerprint density at radius 1 is 1.19 bits per heavy atom. The summed E-state index contributed by atoms with van der Waals surface area (Å²) >= 11 is 0. The van der Waals surface area contributed by atoms with Gasteiger partial charge in [0.1, 0.15) is 11.4 Å². The summed E-state index contributed by atoms with van der Waals surface area (Å²) in [7, 11) is 3.48. The van der Waals surface area contributed by atoms with Crippen molar-refractivity contribution < 1.29 is 23.8 Å². The maximum atomic E-state index is 15.0. The summed E-state index contributed by atoms with van der Waals surface area (Å²) in [6.07, 6.45) is 0.770. The number of nitrogens with zero attached hydrogens (tertiary/aromatic N) is 4. The van der Waals surface area contributed by atoms with Gasteiger partial charge in [-0.1, -0.05) is 0 Å². The second-order valence-electron chi connectivity index (χ2n) is 6.71. The van der Waals surface area contributed by atoms with E-state index in [-0.39, 0.29) is 23.4 Å². The number of aliphatic carboxylic acids is 1. The maximum Gasteiger partial charge on any atom is 0.434 e. The van der Waals surface area contributed by atoms with Crippen LogP contribution in [0, 0.1) is 5.82 Å². The molecule has 0 spiro atoms. The van der Waals surface area contributed by atoms with E-state index in [1.807, 2.05) is 11.9 Å². The number of likely N-dealkylation sites (N-methyl/N-ethyl adjacent to an activating group) is 1. The summed E-state index contributed by atoms with van der Waals surface area (Å²) in [5.74, 6) is -1.45. The second kappa shape index (κ2) is 5.87. The highest BCUT2D eigenvalue weighted by Gasteiger charge is 2.39. The number of rotatable bonds is 2. The first-order valence-corrected chi connectivity index (χ1v) is 8.34. The van der Waals surface area contributed by atoms with Crippen LogP contribution in [0.4, 0.5) is 20.6 Å². The molecule has 1 N–H and O–H groups in total. The van der Waals surface area contributed by atoms with Crippen LogP contribution in [0.1, 0.15) is 5.56 Å². The number of carboxylic acid groups (broad SMARTS) is 1. The van der Waals surface area contributed by atoms with Crippen molar-refractivity contribution in [3.63, 3.8) is 0 Å². The van der Waals surface area contributed by atoms with Gasteiger partial charge in [0.2, 0.25) is 0 Å². The maximum absolute atomic E-state index is 15.0. The van der Waals surface area contributed by atoms with Crippen LogP contribution >= 0.6 is 0 Å². The molecule has 3 heterocycles. The molecule has 0 aliphatic carbocycles. The summed E-state index contributed by atoms with van der Waals surface area (Å²) in [5.41, 5.74) is 1.34. The van der Waals surface area contributed by atoms with Crippen molar-refractivity contribution in [3.05, 3.63) is 29.2 Å². The molecule has 0 saturated carbocycles. The highest BCUT2D eigenvalue weighted by molar-refractivity contribution is 5.94. The number of ether oxygens (including phenoxy) is 1. The lowest BCUT2D eigenvalue weighted by atomic mass is 9.97. The summed E-state index contributed by atoms with van der Waals surface area (Å²) in [4.78, 5) is 27.7. The molecule has 0 radical (unpaired) electrons. The molecule has 9 heteroatoms. The molecule has 1 fully saturated rings. The van der Waals surface area contributed by atoms with E-state index in [2.05, 4.69) is 4.90 Å². The average Bonchev–Trinajstić information content (AvgIpc) is 2.60. The first-order chi connectivity index (χ1) is 12.4. The number of hydrogen-bond acceptors (Lipinski definition) is 6. The molecule has 3 aliphatic rings. The topological polar surface area (TPSA) is 76.6 Å². The number of carbonyl (C=O) groups excluding carboxylic acids is 1. The molecule has 0 bridgehead atoms. The van der Waals surface area contributed by atoms with Gasteiger partial charge in [0, 0.05) is 45.8 Å². The van der Waals surface area contributed by atoms with Crippen molar-refractivity contribution in [2.45, 2.75) is 6.42 Å². The molecule has 1 aromatic carbocycles. The number of halogens is 1. The van der Waals surface area contributed by atoms with Crippen LogP contribution < -0.4 is 14.6 Å². The highest BCUT2D eigenvalue weighted by atomic mass is 19.1. The Bertz CT molecular complexity index is 833. The zero-order valence-corrected chi connectivity index (χ0v) is 14.5. The molecule has 4 rings (SSSR count). The Kier molecular flexibility index (Phi) is 3.76. The predicted octanol–water partition coefficient (Wildman–Crippen LogP) is 1.27. The van der Waals surface area contributed by atoms with Crippen molar-refractivity contribution in [2.75, 3.05) is 50.2 Å². The van der Waals surface area contributed by atoms with Crippen molar-refractivity contribution >= 4 is 23.4 Å². The monoisotopic (exact) mass is 362 g/mol. The van der Waals surface area contributed by atoms with Gasteiger partial charge in [0.25, 0.3) is 0 Å². The molecule has 1 amide bonds. The summed E-state index contributed by atoms with van der Waals surface area (Å²) in [6.45, 7) is 2.78. The zero-order valence-electron chi connectivity index (χ0n) is 14.5. The minimum Gasteiger partial charge on any atom is -0.478 e. The lowest BCUT2D eigenvalue weighted by Crippen LogP contribution is -2.49. The summed E-state index contributed by atoms with van der Waals surface area (Å²) in [5, 5.41) is 11.9. The van der Waals surface area contributed by atoms with Gasteiger partial charge in [0.05, 0.1) is 5.57 Å². The summed E-state index contributed by atoms with van der Waals surface area (Å²) < 4.78 is 20.4. The molecule has 0 aromatic heterocycles. The Balaban J connectivity index is 1.86. The fourth-order valence-corrected chi connectivity index (χ4v) is 3.54. The van der Waals surface area contributed by atoms with E-state index in [1.54, 1.807) is 0 Å². The van der Waals surface area contributed by atoms with Gasteiger partial charge >= 0.3 is 12.1 Å². The first kappa shape index (κ1) is 16.6. The number of hydrazine groups is 1. The predicted molar refractivity (Wildman–Crippen MR) is 91.8 cm³/mol. The molecular formula is C17H19FN4O4.